The van der Waals surface area contributed by atoms with E-state index >= 15 is 0 Å². The molecule has 0 aromatic carbocycles. The fraction of sp³-hybridized carbons (Fsp3) is 0.714. The van der Waals surface area contributed by atoms with Gasteiger partial charge in [-0.15, -0.1) is 0 Å². The average Bonchev–Trinajstić information content (AvgIpc) is 3.21. The molecule has 0 saturated heterocycles. The number of fused-ring (bicyclic) bond motifs is 1. The molecule has 2 atom stereocenters. The standard InChI is InChI=1S/C21H33O3Si/c1-14-15-11-19(5,13-24-25(7,8)18(2,3)4)12-16(15)17(22)20(6,23)21(14)9-10-21/h11-12,23H,9-10,13H2,1-8H3/t19-,20-/m0/s1. The molecule has 1 radical (unpaired) electrons. The highest BCUT2D eigenvalue weighted by atomic mass is 28.4. The van der Waals surface area contributed by atoms with Crippen LogP contribution in [0.4, 0.5) is 0 Å². The van der Waals surface area contributed by atoms with Gasteiger partial charge in [-0.25, -0.2) is 0 Å². The fourth-order valence-corrected chi connectivity index (χ4v) is 5.18. The molecule has 0 aromatic rings. The van der Waals surface area contributed by atoms with Gasteiger partial charge in [0.2, 0.25) is 0 Å². The highest BCUT2D eigenvalue weighted by Crippen LogP contribution is 2.65. The molecular formula is C21H33O3Si. The molecule has 0 unspecified atom stereocenters. The summed E-state index contributed by atoms with van der Waals surface area (Å²) in [5, 5.41) is 11.1. The minimum absolute atomic E-state index is 0.113. The van der Waals surface area contributed by atoms with Gasteiger partial charge in [-0.05, 0) is 50.4 Å². The van der Waals surface area contributed by atoms with Crippen LogP contribution >= 0.6 is 0 Å². The Bertz CT molecular complexity index is 686. The first kappa shape index (κ1) is 19.1. The number of ketones is 1. The van der Waals surface area contributed by atoms with Crippen LogP contribution in [-0.4, -0.2) is 31.4 Å². The summed E-state index contributed by atoms with van der Waals surface area (Å²) in [6, 6.07) is 0. The quantitative estimate of drug-likeness (QED) is 0.748. The van der Waals surface area contributed by atoms with E-state index in [0.29, 0.717) is 12.2 Å². The third kappa shape index (κ3) is 2.63. The Balaban J connectivity index is 1.90. The van der Waals surface area contributed by atoms with Gasteiger partial charge >= 0.3 is 0 Å². The molecule has 3 rings (SSSR count). The normalized spacial score (nSPS) is 34.4. The van der Waals surface area contributed by atoms with E-state index in [9.17, 15) is 9.90 Å². The van der Waals surface area contributed by atoms with E-state index < -0.39 is 13.9 Å². The van der Waals surface area contributed by atoms with Gasteiger partial charge in [-0.1, -0.05) is 39.3 Å². The zero-order valence-corrected chi connectivity index (χ0v) is 18.0. The molecule has 4 heteroatoms. The summed E-state index contributed by atoms with van der Waals surface area (Å²) in [6.45, 7) is 17.7. The van der Waals surface area contributed by atoms with Crippen LogP contribution in [0.1, 0.15) is 54.4 Å². The Kier molecular flexibility index (Phi) is 3.94. The van der Waals surface area contributed by atoms with Crippen molar-refractivity contribution in [1.29, 1.82) is 0 Å². The highest BCUT2D eigenvalue weighted by Gasteiger charge is 2.65. The summed E-state index contributed by atoms with van der Waals surface area (Å²) in [4.78, 5) is 13.0. The van der Waals surface area contributed by atoms with Crippen molar-refractivity contribution in [3.8, 4) is 0 Å². The zero-order chi connectivity index (χ0) is 19.1. The lowest BCUT2D eigenvalue weighted by molar-refractivity contribution is -0.137. The molecule has 139 valence electrons. The fourth-order valence-electron chi connectivity index (χ4n) is 4.08. The minimum Gasteiger partial charge on any atom is -0.416 e. The lowest BCUT2D eigenvalue weighted by Gasteiger charge is -2.39. The number of hydrogen-bond acceptors (Lipinski definition) is 3. The summed E-state index contributed by atoms with van der Waals surface area (Å²) in [5.41, 5.74) is 1.04. The number of allylic oxidation sites excluding steroid dienone is 1. The Morgan fingerprint density at radius 2 is 1.80 bits per heavy atom. The Morgan fingerprint density at radius 1 is 1.24 bits per heavy atom. The summed E-state index contributed by atoms with van der Waals surface area (Å²) in [5.74, 6) is -0.113. The molecule has 1 saturated carbocycles. The predicted molar refractivity (Wildman–Crippen MR) is 104 cm³/mol. The predicted octanol–water partition coefficient (Wildman–Crippen LogP) is 4.59. The smallest absolute Gasteiger partial charge is 0.194 e. The van der Waals surface area contributed by atoms with Crippen molar-refractivity contribution in [1.82, 2.24) is 0 Å². The number of rotatable bonds is 3. The molecule has 3 aliphatic rings. The van der Waals surface area contributed by atoms with E-state index in [1.165, 1.54) is 5.57 Å². The van der Waals surface area contributed by atoms with Crippen molar-refractivity contribution < 1.29 is 14.3 Å². The van der Waals surface area contributed by atoms with Gasteiger partial charge in [0.05, 0.1) is 0 Å². The van der Waals surface area contributed by atoms with Crippen LogP contribution in [0.15, 0.2) is 22.8 Å². The molecule has 25 heavy (non-hydrogen) atoms. The summed E-state index contributed by atoms with van der Waals surface area (Å²) in [6.07, 6.45) is 6.04. The number of carbonyl (C=O) groups excluding carboxylic acids is 1. The first-order valence-corrected chi connectivity index (χ1v) is 12.3. The third-order valence-corrected chi connectivity index (χ3v) is 11.8. The topological polar surface area (TPSA) is 46.5 Å². The van der Waals surface area contributed by atoms with Crippen LogP contribution in [-0.2, 0) is 9.22 Å². The molecule has 3 aliphatic carbocycles. The van der Waals surface area contributed by atoms with Gasteiger partial charge in [0, 0.05) is 29.4 Å². The van der Waals surface area contributed by atoms with Crippen LogP contribution in [0.25, 0.3) is 0 Å². The van der Waals surface area contributed by atoms with E-state index in [4.69, 9.17) is 4.43 Å². The minimum atomic E-state index is -1.85. The second kappa shape index (κ2) is 5.17. The van der Waals surface area contributed by atoms with Crippen molar-refractivity contribution in [3.63, 3.8) is 0 Å². The monoisotopic (exact) mass is 361 g/mol. The maximum atomic E-state index is 13.0. The molecule has 0 bridgehead atoms. The molecule has 0 heterocycles. The lowest BCUT2D eigenvalue weighted by atomic mass is 9.68. The van der Waals surface area contributed by atoms with Gasteiger partial charge in [0.15, 0.2) is 14.1 Å². The summed E-state index contributed by atoms with van der Waals surface area (Å²) >= 11 is 0. The molecule has 1 spiro atoms. The second-order valence-corrected chi connectivity index (χ2v) is 15.1. The van der Waals surface area contributed by atoms with E-state index in [2.05, 4.69) is 54.1 Å². The molecule has 0 amide bonds. The molecule has 3 nitrogen and oxygen atoms in total. The molecule has 1 fully saturated rings. The Labute approximate surface area is 153 Å². The number of hydrogen-bond donors (Lipinski definition) is 1. The van der Waals surface area contributed by atoms with Crippen molar-refractivity contribution in [3.05, 3.63) is 29.2 Å². The Hall–Kier alpha value is -0.713. The van der Waals surface area contributed by atoms with E-state index in [1.54, 1.807) is 6.92 Å². The lowest BCUT2D eigenvalue weighted by Crippen LogP contribution is -2.49. The first-order valence-electron chi connectivity index (χ1n) is 9.39. The second-order valence-electron chi connectivity index (χ2n) is 10.3. The third-order valence-electron chi connectivity index (χ3n) is 7.28. The van der Waals surface area contributed by atoms with Crippen molar-refractivity contribution in [2.24, 2.45) is 10.8 Å². The zero-order valence-electron chi connectivity index (χ0n) is 17.0. The Morgan fingerprint density at radius 3 is 2.28 bits per heavy atom. The average molecular weight is 362 g/mol. The van der Waals surface area contributed by atoms with Crippen LogP contribution < -0.4 is 0 Å². The van der Waals surface area contributed by atoms with Crippen molar-refractivity contribution in [2.45, 2.75) is 78.1 Å². The van der Waals surface area contributed by atoms with Crippen LogP contribution in [0.5, 0.6) is 0 Å². The molecule has 0 aromatic heterocycles. The van der Waals surface area contributed by atoms with Gasteiger partial charge in [-0.2, -0.15) is 0 Å². The molecule has 0 aliphatic heterocycles. The van der Waals surface area contributed by atoms with Crippen molar-refractivity contribution in [2.75, 3.05) is 6.61 Å². The maximum absolute atomic E-state index is 13.0. The van der Waals surface area contributed by atoms with Gasteiger partial charge < -0.3 is 9.53 Å². The van der Waals surface area contributed by atoms with Gasteiger partial charge in [-0.3, -0.25) is 4.79 Å². The van der Waals surface area contributed by atoms with Crippen molar-refractivity contribution >= 4 is 14.1 Å². The van der Waals surface area contributed by atoms with Gasteiger partial charge in [0.25, 0.3) is 0 Å². The number of carbonyl (C=O) groups is 1. The largest absolute Gasteiger partial charge is 0.416 e. The van der Waals surface area contributed by atoms with E-state index in [-0.39, 0.29) is 21.7 Å². The van der Waals surface area contributed by atoms with E-state index in [0.717, 1.165) is 18.4 Å². The summed E-state index contributed by atoms with van der Waals surface area (Å²) in [7, 11) is -1.85. The van der Waals surface area contributed by atoms with Gasteiger partial charge in [0.1, 0.15) is 5.60 Å². The highest BCUT2D eigenvalue weighted by molar-refractivity contribution is 6.74. The SMILES string of the molecule is CC1=C2[CH][C@](C)(CO[Si](C)(C)C(C)(C)C)C=C2C(=O)[C@](C)(O)C12CC2. The summed E-state index contributed by atoms with van der Waals surface area (Å²) < 4.78 is 6.44. The maximum Gasteiger partial charge on any atom is 0.194 e. The molecule has 1 N–H and O–H groups in total. The first-order chi connectivity index (χ1) is 11.2. The number of aliphatic hydroxyl groups is 1. The number of Topliss-reactive ketones (excluding diaryl/α,β-unsaturated/α-hetero) is 1. The van der Waals surface area contributed by atoms with E-state index in [1.807, 2.05) is 6.08 Å². The van der Waals surface area contributed by atoms with Crippen LogP contribution in [0.3, 0.4) is 0 Å². The van der Waals surface area contributed by atoms with Crippen LogP contribution in [0, 0.1) is 17.3 Å². The van der Waals surface area contributed by atoms with Crippen LogP contribution in [0.2, 0.25) is 18.1 Å². The molecular weight excluding hydrogens is 328 g/mol.